The summed E-state index contributed by atoms with van der Waals surface area (Å²) in [6, 6.07) is 10.6. The lowest BCUT2D eigenvalue weighted by atomic mass is 10.0. The van der Waals surface area contributed by atoms with Crippen LogP contribution >= 0.6 is 11.6 Å². The third-order valence-corrected chi connectivity index (χ3v) is 3.97. The molecule has 2 rings (SSSR count). The summed E-state index contributed by atoms with van der Waals surface area (Å²) >= 11 is 5.99. The minimum Gasteiger partial charge on any atom is -0.310 e. The maximum absolute atomic E-state index is 5.99. The molecule has 3 nitrogen and oxygen atoms in total. The molecule has 1 heterocycles. The number of nitrogens with one attached hydrogen (secondary N) is 1. The topological polar surface area (TPSA) is 29.9 Å². The zero-order chi connectivity index (χ0) is 15.2. The molecule has 2 aromatic rings. The van der Waals surface area contributed by atoms with Gasteiger partial charge < -0.3 is 5.32 Å². The van der Waals surface area contributed by atoms with Gasteiger partial charge >= 0.3 is 0 Å². The maximum atomic E-state index is 5.99. The minimum atomic E-state index is 0.294. The van der Waals surface area contributed by atoms with Crippen LogP contribution in [0.3, 0.4) is 0 Å². The normalized spacial score (nSPS) is 12.6. The standard InChI is InChI=1S/C17H24ClN3/c1-4-10-19-17(13-6-8-14(18)9-7-13)12-16-11-15(5-2)20-21(16)3/h6-9,11,17,19H,4-5,10,12H2,1-3H3. The number of aromatic nitrogens is 2. The van der Waals surface area contributed by atoms with Crippen molar-refractivity contribution >= 4 is 11.6 Å². The zero-order valence-electron chi connectivity index (χ0n) is 13.1. The Morgan fingerprint density at radius 2 is 1.95 bits per heavy atom. The quantitative estimate of drug-likeness (QED) is 0.840. The zero-order valence-corrected chi connectivity index (χ0v) is 13.8. The fourth-order valence-corrected chi connectivity index (χ4v) is 2.59. The van der Waals surface area contributed by atoms with Crippen LogP contribution in [-0.2, 0) is 19.9 Å². The first-order valence-corrected chi connectivity index (χ1v) is 8.02. The molecule has 0 saturated heterocycles. The van der Waals surface area contributed by atoms with Crippen LogP contribution in [0.2, 0.25) is 5.02 Å². The molecule has 0 aliphatic carbocycles. The Morgan fingerprint density at radius 1 is 1.24 bits per heavy atom. The van der Waals surface area contributed by atoms with Crippen molar-refractivity contribution in [3.8, 4) is 0 Å². The molecule has 1 aromatic heterocycles. The summed E-state index contributed by atoms with van der Waals surface area (Å²) < 4.78 is 2.00. The number of hydrogen-bond acceptors (Lipinski definition) is 2. The predicted molar refractivity (Wildman–Crippen MR) is 88.8 cm³/mol. The third-order valence-electron chi connectivity index (χ3n) is 3.72. The Hall–Kier alpha value is -1.32. The summed E-state index contributed by atoms with van der Waals surface area (Å²) in [5, 5.41) is 8.94. The number of rotatable bonds is 7. The summed E-state index contributed by atoms with van der Waals surface area (Å²) in [6.07, 6.45) is 3.03. The van der Waals surface area contributed by atoms with E-state index in [2.05, 4.69) is 42.5 Å². The van der Waals surface area contributed by atoms with E-state index < -0.39 is 0 Å². The van der Waals surface area contributed by atoms with Gasteiger partial charge in [0, 0.05) is 30.2 Å². The Morgan fingerprint density at radius 3 is 2.52 bits per heavy atom. The van der Waals surface area contributed by atoms with Crippen LogP contribution in [0, 0.1) is 0 Å². The SMILES string of the molecule is CCCNC(Cc1cc(CC)nn1C)c1ccc(Cl)cc1. The Balaban J connectivity index is 2.19. The molecule has 0 radical (unpaired) electrons. The molecule has 1 unspecified atom stereocenters. The molecular formula is C17H24ClN3. The second-order valence-corrected chi connectivity index (χ2v) is 5.80. The van der Waals surface area contributed by atoms with Gasteiger partial charge in [-0.1, -0.05) is 37.6 Å². The van der Waals surface area contributed by atoms with E-state index in [0.717, 1.165) is 36.5 Å². The summed E-state index contributed by atoms with van der Waals surface area (Å²) in [7, 11) is 2.02. The highest BCUT2D eigenvalue weighted by molar-refractivity contribution is 6.30. The van der Waals surface area contributed by atoms with Gasteiger partial charge in [0.25, 0.3) is 0 Å². The number of nitrogens with zero attached hydrogens (tertiary/aromatic N) is 2. The van der Waals surface area contributed by atoms with Crippen molar-refractivity contribution in [3.63, 3.8) is 0 Å². The van der Waals surface area contributed by atoms with E-state index in [1.165, 1.54) is 11.3 Å². The molecule has 0 bridgehead atoms. The number of aryl methyl sites for hydroxylation is 2. The Kier molecular flexibility index (Phi) is 5.83. The summed E-state index contributed by atoms with van der Waals surface area (Å²) in [5.41, 5.74) is 3.68. The molecule has 1 N–H and O–H groups in total. The fourth-order valence-electron chi connectivity index (χ4n) is 2.47. The monoisotopic (exact) mass is 305 g/mol. The fraction of sp³-hybridized carbons (Fsp3) is 0.471. The van der Waals surface area contributed by atoms with E-state index in [1.807, 2.05) is 23.9 Å². The van der Waals surface area contributed by atoms with Gasteiger partial charge in [-0.15, -0.1) is 0 Å². The molecule has 1 aromatic carbocycles. The molecule has 0 aliphatic heterocycles. The lowest BCUT2D eigenvalue weighted by molar-refractivity contribution is 0.512. The average molecular weight is 306 g/mol. The van der Waals surface area contributed by atoms with E-state index in [-0.39, 0.29) is 0 Å². The molecule has 4 heteroatoms. The smallest absolute Gasteiger partial charge is 0.0624 e. The molecule has 0 aliphatic rings. The van der Waals surface area contributed by atoms with Crippen LogP contribution in [0.25, 0.3) is 0 Å². The lowest BCUT2D eigenvalue weighted by Crippen LogP contribution is -2.24. The molecule has 0 saturated carbocycles. The molecule has 114 valence electrons. The average Bonchev–Trinajstić information content (AvgIpc) is 2.85. The van der Waals surface area contributed by atoms with Crippen molar-refractivity contribution in [2.45, 2.75) is 39.2 Å². The second-order valence-electron chi connectivity index (χ2n) is 5.37. The molecule has 1 atom stereocenters. The summed E-state index contributed by atoms with van der Waals surface area (Å²) in [5.74, 6) is 0. The van der Waals surface area contributed by atoms with Gasteiger partial charge in [0.05, 0.1) is 5.69 Å². The highest BCUT2D eigenvalue weighted by Gasteiger charge is 2.14. The van der Waals surface area contributed by atoms with E-state index in [1.54, 1.807) is 0 Å². The van der Waals surface area contributed by atoms with Gasteiger partial charge in [0.2, 0.25) is 0 Å². The number of hydrogen-bond donors (Lipinski definition) is 1. The van der Waals surface area contributed by atoms with Gasteiger partial charge in [0.1, 0.15) is 0 Å². The van der Waals surface area contributed by atoms with E-state index in [4.69, 9.17) is 11.6 Å². The maximum Gasteiger partial charge on any atom is 0.0624 e. The Labute approximate surface area is 132 Å². The molecule has 0 fully saturated rings. The van der Waals surface area contributed by atoms with E-state index in [9.17, 15) is 0 Å². The van der Waals surface area contributed by atoms with Crippen molar-refractivity contribution in [3.05, 3.63) is 52.3 Å². The van der Waals surface area contributed by atoms with Crippen molar-refractivity contribution in [1.29, 1.82) is 0 Å². The second kappa shape index (κ2) is 7.62. The van der Waals surface area contributed by atoms with Crippen LogP contribution in [-0.4, -0.2) is 16.3 Å². The van der Waals surface area contributed by atoms with Gasteiger partial charge in [-0.25, -0.2) is 0 Å². The van der Waals surface area contributed by atoms with E-state index >= 15 is 0 Å². The van der Waals surface area contributed by atoms with Gasteiger partial charge in [-0.05, 0) is 43.1 Å². The van der Waals surface area contributed by atoms with Gasteiger partial charge in [-0.2, -0.15) is 5.10 Å². The van der Waals surface area contributed by atoms with Crippen LogP contribution in [0.5, 0.6) is 0 Å². The molecule has 0 spiro atoms. The molecular weight excluding hydrogens is 282 g/mol. The number of benzene rings is 1. The minimum absolute atomic E-state index is 0.294. The third kappa shape index (κ3) is 4.32. The lowest BCUT2D eigenvalue weighted by Gasteiger charge is -2.19. The first-order chi connectivity index (χ1) is 10.1. The largest absolute Gasteiger partial charge is 0.310 e. The summed E-state index contributed by atoms with van der Waals surface area (Å²) in [6.45, 7) is 5.33. The van der Waals surface area contributed by atoms with Crippen LogP contribution in [0.4, 0.5) is 0 Å². The van der Waals surface area contributed by atoms with Crippen molar-refractivity contribution in [2.24, 2.45) is 7.05 Å². The van der Waals surface area contributed by atoms with Gasteiger partial charge in [0.15, 0.2) is 0 Å². The first kappa shape index (κ1) is 16.1. The number of halogens is 1. The van der Waals surface area contributed by atoms with Crippen molar-refractivity contribution in [2.75, 3.05) is 6.54 Å². The van der Waals surface area contributed by atoms with Crippen molar-refractivity contribution < 1.29 is 0 Å². The molecule has 0 amide bonds. The van der Waals surface area contributed by atoms with Crippen LogP contribution in [0.15, 0.2) is 30.3 Å². The first-order valence-electron chi connectivity index (χ1n) is 7.64. The van der Waals surface area contributed by atoms with Crippen LogP contribution in [0.1, 0.15) is 43.3 Å². The van der Waals surface area contributed by atoms with Crippen LogP contribution < -0.4 is 5.32 Å². The van der Waals surface area contributed by atoms with E-state index in [0.29, 0.717) is 6.04 Å². The molecule has 21 heavy (non-hydrogen) atoms. The van der Waals surface area contributed by atoms with Gasteiger partial charge in [-0.3, -0.25) is 4.68 Å². The highest BCUT2D eigenvalue weighted by Crippen LogP contribution is 2.21. The summed E-state index contributed by atoms with van der Waals surface area (Å²) in [4.78, 5) is 0. The van der Waals surface area contributed by atoms with Crippen molar-refractivity contribution in [1.82, 2.24) is 15.1 Å². The highest BCUT2D eigenvalue weighted by atomic mass is 35.5. The predicted octanol–water partition coefficient (Wildman–Crippen LogP) is 3.92. The Bertz CT molecular complexity index is 560.